The predicted octanol–water partition coefficient (Wildman–Crippen LogP) is 1.29. The van der Waals surface area contributed by atoms with Crippen LogP contribution < -0.4 is 25.4 Å². The molecule has 3 N–H and O–H groups in total. The van der Waals surface area contributed by atoms with Crippen LogP contribution in [0.4, 0.5) is 11.9 Å². The van der Waals surface area contributed by atoms with E-state index in [1.165, 1.54) is 0 Å². The first-order valence-electron chi connectivity index (χ1n) is 8.80. The summed E-state index contributed by atoms with van der Waals surface area (Å²) in [5.41, 5.74) is 6.19. The van der Waals surface area contributed by atoms with Gasteiger partial charge in [0.25, 0.3) is 5.91 Å². The van der Waals surface area contributed by atoms with Crippen molar-refractivity contribution in [2.45, 2.75) is 20.3 Å². The van der Waals surface area contributed by atoms with E-state index in [1.54, 1.807) is 23.1 Å². The largest absolute Gasteiger partial charge is 0.490 e. The lowest BCUT2D eigenvalue weighted by Crippen LogP contribution is -2.26. The molecule has 0 aliphatic carbocycles. The molecule has 0 unspecified atom stereocenters. The van der Waals surface area contributed by atoms with E-state index in [-0.39, 0.29) is 11.9 Å². The second-order valence-electron chi connectivity index (χ2n) is 5.84. The fraction of sp³-hybridized carbons (Fsp3) is 0.444. The van der Waals surface area contributed by atoms with Crippen LogP contribution in [-0.2, 0) is 6.42 Å². The lowest BCUT2D eigenvalue weighted by Gasteiger charge is -2.13. The Morgan fingerprint density at radius 3 is 2.48 bits per heavy atom. The molecule has 1 aromatic carbocycles. The minimum absolute atomic E-state index is 0.155. The summed E-state index contributed by atoms with van der Waals surface area (Å²) in [6.07, 6.45) is 0.439. The molecular formula is C18H26N6O3. The van der Waals surface area contributed by atoms with Crippen LogP contribution in [0.3, 0.4) is 0 Å². The summed E-state index contributed by atoms with van der Waals surface area (Å²) in [4.78, 5) is 26.6. The molecule has 9 nitrogen and oxygen atoms in total. The second kappa shape index (κ2) is 9.56. The number of nitrogen functional groups attached to an aromatic ring is 1. The summed E-state index contributed by atoms with van der Waals surface area (Å²) in [7, 11) is 3.64. The molecule has 146 valence electrons. The summed E-state index contributed by atoms with van der Waals surface area (Å²) < 4.78 is 11.1. The van der Waals surface area contributed by atoms with Crippen LogP contribution in [0.2, 0.25) is 0 Å². The Hall–Kier alpha value is -3.10. The average Bonchev–Trinajstić information content (AvgIpc) is 2.63. The van der Waals surface area contributed by atoms with E-state index in [0.29, 0.717) is 55.0 Å². The van der Waals surface area contributed by atoms with E-state index in [1.807, 2.05) is 27.9 Å². The van der Waals surface area contributed by atoms with Gasteiger partial charge in [-0.15, -0.1) is 0 Å². The molecule has 1 aromatic heterocycles. The minimum Gasteiger partial charge on any atom is -0.490 e. The lowest BCUT2D eigenvalue weighted by atomic mass is 10.2. The molecule has 0 bridgehead atoms. The highest BCUT2D eigenvalue weighted by molar-refractivity contribution is 5.94. The van der Waals surface area contributed by atoms with Crippen LogP contribution in [-0.4, -0.2) is 54.7 Å². The third-order valence-electron chi connectivity index (χ3n) is 3.53. The van der Waals surface area contributed by atoms with E-state index in [0.717, 1.165) is 0 Å². The number of ether oxygens (including phenoxy) is 2. The van der Waals surface area contributed by atoms with Gasteiger partial charge in [-0.2, -0.15) is 15.0 Å². The van der Waals surface area contributed by atoms with E-state index in [9.17, 15) is 4.79 Å². The topological polar surface area (TPSA) is 115 Å². The highest BCUT2D eigenvalue weighted by Crippen LogP contribution is 2.28. The van der Waals surface area contributed by atoms with Crippen LogP contribution in [0.25, 0.3) is 0 Å². The number of amides is 1. The fourth-order valence-corrected chi connectivity index (χ4v) is 2.32. The molecule has 0 radical (unpaired) electrons. The Morgan fingerprint density at radius 1 is 1.11 bits per heavy atom. The smallest absolute Gasteiger partial charge is 0.251 e. The van der Waals surface area contributed by atoms with Crippen LogP contribution >= 0.6 is 0 Å². The zero-order valence-corrected chi connectivity index (χ0v) is 16.2. The number of carbonyl (C=O) groups is 1. The highest BCUT2D eigenvalue weighted by Gasteiger charge is 2.12. The predicted molar refractivity (Wildman–Crippen MR) is 103 cm³/mol. The van der Waals surface area contributed by atoms with Gasteiger partial charge in [0.1, 0.15) is 5.82 Å². The zero-order valence-electron chi connectivity index (χ0n) is 16.2. The molecule has 0 spiro atoms. The van der Waals surface area contributed by atoms with Crippen LogP contribution in [0, 0.1) is 0 Å². The highest BCUT2D eigenvalue weighted by atomic mass is 16.5. The number of anilines is 2. The fourth-order valence-electron chi connectivity index (χ4n) is 2.32. The van der Waals surface area contributed by atoms with Gasteiger partial charge in [-0.05, 0) is 32.0 Å². The first kappa shape index (κ1) is 20.2. The normalized spacial score (nSPS) is 10.4. The van der Waals surface area contributed by atoms with Crippen LogP contribution in [0.1, 0.15) is 30.0 Å². The van der Waals surface area contributed by atoms with E-state index in [4.69, 9.17) is 15.2 Å². The maximum Gasteiger partial charge on any atom is 0.251 e. The standard InChI is InChI=1S/C18H26N6O3/c1-5-26-13-8-7-12(11-14(13)27-6-2)16(25)20-10-9-15-21-17(19)23-18(22-15)24(3)4/h7-8,11H,5-6,9-10H2,1-4H3,(H,20,25)(H2,19,21,22,23). The van der Waals surface area contributed by atoms with Crippen LogP contribution in [0.5, 0.6) is 11.5 Å². The van der Waals surface area contributed by atoms with Crippen molar-refractivity contribution >= 4 is 17.8 Å². The molecule has 1 heterocycles. The van der Waals surface area contributed by atoms with Crippen molar-refractivity contribution < 1.29 is 14.3 Å². The molecule has 9 heteroatoms. The van der Waals surface area contributed by atoms with Crippen molar-refractivity contribution in [3.05, 3.63) is 29.6 Å². The van der Waals surface area contributed by atoms with Gasteiger partial charge in [0.05, 0.1) is 13.2 Å². The molecule has 0 fully saturated rings. The first-order chi connectivity index (χ1) is 12.9. The van der Waals surface area contributed by atoms with Crippen LogP contribution in [0.15, 0.2) is 18.2 Å². The molecule has 0 saturated carbocycles. The number of carbonyl (C=O) groups excluding carboxylic acids is 1. The molecule has 0 aliphatic heterocycles. The van der Waals surface area contributed by atoms with Gasteiger partial charge in [0.15, 0.2) is 11.5 Å². The van der Waals surface area contributed by atoms with Gasteiger partial charge in [-0.25, -0.2) is 0 Å². The molecule has 2 rings (SSSR count). The molecule has 2 aromatic rings. The summed E-state index contributed by atoms with van der Waals surface area (Å²) in [5.74, 6) is 2.11. The van der Waals surface area contributed by atoms with Crippen molar-refractivity contribution in [1.82, 2.24) is 20.3 Å². The number of aromatic nitrogens is 3. The molecule has 0 saturated heterocycles. The Bertz CT molecular complexity index is 782. The van der Waals surface area contributed by atoms with Gasteiger partial charge in [-0.3, -0.25) is 4.79 Å². The number of nitrogens with two attached hydrogens (primary N) is 1. The van der Waals surface area contributed by atoms with Gasteiger partial charge >= 0.3 is 0 Å². The second-order valence-corrected chi connectivity index (χ2v) is 5.84. The summed E-state index contributed by atoms with van der Waals surface area (Å²) in [6, 6.07) is 5.11. The van der Waals surface area contributed by atoms with E-state index >= 15 is 0 Å². The Labute approximate surface area is 158 Å². The maximum absolute atomic E-state index is 12.4. The molecule has 1 amide bonds. The van der Waals surface area contributed by atoms with Crippen molar-refractivity contribution in [3.63, 3.8) is 0 Å². The third kappa shape index (κ3) is 5.70. The third-order valence-corrected chi connectivity index (χ3v) is 3.53. The van der Waals surface area contributed by atoms with Gasteiger partial charge in [-0.1, -0.05) is 0 Å². The van der Waals surface area contributed by atoms with E-state index in [2.05, 4.69) is 20.3 Å². The molecular weight excluding hydrogens is 348 g/mol. The molecule has 0 atom stereocenters. The summed E-state index contributed by atoms with van der Waals surface area (Å²) >= 11 is 0. The first-order valence-corrected chi connectivity index (χ1v) is 8.80. The van der Waals surface area contributed by atoms with Crippen molar-refractivity contribution in [2.75, 3.05) is 44.5 Å². The molecule has 0 aliphatic rings. The maximum atomic E-state index is 12.4. The van der Waals surface area contributed by atoms with Crippen molar-refractivity contribution in [1.29, 1.82) is 0 Å². The lowest BCUT2D eigenvalue weighted by molar-refractivity contribution is 0.0953. The van der Waals surface area contributed by atoms with E-state index < -0.39 is 0 Å². The van der Waals surface area contributed by atoms with Crippen molar-refractivity contribution in [2.24, 2.45) is 0 Å². The Balaban J connectivity index is 2.00. The SMILES string of the molecule is CCOc1ccc(C(=O)NCCc2nc(N)nc(N(C)C)n2)cc1OCC. The monoisotopic (exact) mass is 374 g/mol. The number of nitrogens with zero attached hydrogens (tertiary/aromatic N) is 4. The van der Waals surface area contributed by atoms with Crippen molar-refractivity contribution in [3.8, 4) is 11.5 Å². The number of hydrogen-bond donors (Lipinski definition) is 2. The number of rotatable bonds is 9. The zero-order chi connectivity index (χ0) is 19.8. The Morgan fingerprint density at radius 2 is 1.81 bits per heavy atom. The quantitative estimate of drug-likeness (QED) is 0.675. The number of nitrogens with one attached hydrogen (secondary N) is 1. The van der Waals surface area contributed by atoms with Gasteiger partial charge in [0, 0.05) is 32.6 Å². The number of benzene rings is 1. The summed E-state index contributed by atoms with van der Waals surface area (Å²) in [5, 5.41) is 2.85. The minimum atomic E-state index is -0.214. The van der Waals surface area contributed by atoms with Gasteiger partial charge < -0.3 is 25.4 Å². The number of hydrogen-bond acceptors (Lipinski definition) is 8. The van der Waals surface area contributed by atoms with Gasteiger partial charge in [0.2, 0.25) is 11.9 Å². The average molecular weight is 374 g/mol. The summed E-state index contributed by atoms with van der Waals surface area (Å²) in [6.45, 7) is 5.15. The Kier molecular flexibility index (Phi) is 7.16. The molecule has 27 heavy (non-hydrogen) atoms.